The van der Waals surface area contributed by atoms with Crippen molar-refractivity contribution in [3.8, 4) is 11.1 Å². The second-order valence-electron chi connectivity index (χ2n) is 7.47. The van der Waals surface area contributed by atoms with Crippen LogP contribution < -0.4 is 5.32 Å². The molecule has 0 aliphatic carbocycles. The van der Waals surface area contributed by atoms with E-state index in [1.807, 2.05) is 42.5 Å². The first-order chi connectivity index (χ1) is 14.2. The van der Waals surface area contributed by atoms with Gasteiger partial charge in [0.15, 0.2) is 0 Å². The van der Waals surface area contributed by atoms with Gasteiger partial charge >= 0.3 is 0 Å². The van der Waals surface area contributed by atoms with Crippen LogP contribution in [0.15, 0.2) is 72.9 Å². The third kappa shape index (κ3) is 5.06. The minimum atomic E-state index is -0.259. The fraction of sp³-hybridized carbons (Fsp3) is 0.250. The van der Waals surface area contributed by atoms with Gasteiger partial charge < -0.3 is 5.32 Å². The van der Waals surface area contributed by atoms with Gasteiger partial charge in [-0.1, -0.05) is 30.3 Å². The summed E-state index contributed by atoms with van der Waals surface area (Å²) in [4.78, 5) is 19.5. The Balaban J connectivity index is 1.40. The molecule has 1 aromatic heterocycles. The van der Waals surface area contributed by atoms with E-state index in [2.05, 4.69) is 15.2 Å². The lowest BCUT2D eigenvalue weighted by molar-refractivity contribution is -0.121. The van der Waals surface area contributed by atoms with Crippen LogP contribution in [0.2, 0.25) is 0 Å². The number of pyridine rings is 1. The third-order valence-corrected chi connectivity index (χ3v) is 5.30. The van der Waals surface area contributed by atoms with Crippen molar-refractivity contribution < 1.29 is 9.18 Å². The van der Waals surface area contributed by atoms with Crippen LogP contribution in [0.1, 0.15) is 18.5 Å². The summed E-state index contributed by atoms with van der Waals surface area (Å²) in [7, 11) is 0. The van der Waals surface area contributed by atoms with Gasteiger partial charge in [0.2, 0.25) is 5.91 Å². The highest BCUT2D eigenvalue weighted by Crippen LogP contribution is 2.24. The molecule has 1 unspecified atom stereocenters. The smallest absolute Gasteiger partial charge is 0.228 e. The number of halogens is 1. The van der Waals surface area contributed by atoms with E-state index in [0.29, 0.717) is 0 Å². The molecule has 5 heteroatoms. The lowest BCUT2D eigenvalue weighted by Crippen LogP contribution is -2.40. The number of likely N-dealkylation sites (tertiary alicyclic amines) is 1. The van der Waals surface area contributed by atoms with Gasteiger partial charge in [-0.05, 0) is 66.9 Å². The van der Waals surface area contributed by atoms with E-state index in [4.69, 9.17) is 0 Å². The number of rotatable bonds is 5. The summed E-state index contributed by atoms with van der Waals surface area (Å²) in [6, 6.07) is 20.0. The summed E-state index contributed by atoms with van der Waals surface area (Å²) < 4.78 is 13.2. The first-order valence-electron chi connectivity index (χ1n) is 9.96. The summed E-state index contributed by atoms with van der Waals surface area (Å²) >= 11 is 0. The Morgan fingerprint density at radius 1 is 1.07 bits per heavy atom. The van der Waals surface area contributed by atoms with Crippen LogP contribution in [-0.2, 0) is 11.3 Å². The van der Waals surface area contributed by atoms with Crippen molar-refractivity contribution in [3.63, 3.8) is 0 Å². The molecule has 1 atom stereocenters. The number of anilines is 1. The Labute approximate surface area is 170 Å². The molecule has 1 aliphatic heterocycles. The number of hydrogen-bond acceptors (Lipinski definition) is 3. The largest absolute Gasteiger partial charge is 0.326 e. The van der Waals surface area contributed by atoms with Crippen LogP contribution in [0, 0.1) is 11.7 Å². The maximum atomic E-state index is 13.2. The Bertz CT molecular complexity index is 959. The molecule has 4 rings (SSSR count). The Hall–Kier alpha value is -3.05. The first kappa shape index (κ1) is 19.3. The molecule has 0 radical (unpaired) electrons. The number of amides is 1. The number of nitrogens with one attached hydrogen (secondary N) is 1. The van der Waals surface area contributed by atoms with E-state index < -0.39 is 0 Å². The molecule has 0 spiro atoms. The second kappa shape index (κ2) is 8.97. The summed E-state index contributed by atoms with van der Waals surface area (Å²) in [5, 5.41) is 3.06. The van der Waals surface area contributed by atoms with Gasteiger partial charge in [0.05, 0.1) is 11.6 Å². The van der Waals surface area contributed by atoms with Crippen molar-refractivity contribution in [2.24, 2.45) is 5.92 Å². The van der Waals surface area contributed by atoms with Crippen molar-refractivity contribution in [3.05, 3.63) is 84.4 Å². The minimum absolute atomic E-state index is 0.0399. The number of nitrogens with zero attached hydrogens (tertiary/aromatic N) is 2. The number of carbonyl (C=O) groups is 1. The summed E-state index contributed by atoms with van der Waals surface area (Å²) in [6.07, 6.45) is 3.69. The molecular weight excluding hydrogens is 365 g/mol. The highest BCUT2D eigenvalue weighted by atomic mass is 19.1. The van der Waals surface area contributed by atoms with E-state index in [0.717, 1.165) is 55.0 Å². The monoisotopic (exact) mass is 389 g/mol. The maximum Gasteiger partial charge on any atom is 0.228 e. The topological polar surface area (TPSA) is 45.2 Å². The zero-order chi connectivity index (χ0) is 20.1. The highest BCUT2D eigenvalue weighted by molar-refractivity contribution is 5.93. The number of benzene rings is 2. The molecule has 148 valence electrons. The average Bonchev–Trinajstić information content (AvgIpc) is 2.75. The van der Waals surface area contributed by atoms with Gasteiger partial charge in [0.1, 0.15) is 5.82 Å². The molecule has 1 saturated heterocycles. The fourth-order valence-corrected chi connectivity index (χ4v) is 3.80. The molecule has 29 heavy (non-hydrogen) atoms. The Kier molecular flexibility index (Phi) is 5.96. The molecule has 1 aliphatic rings. The molecule has 2 aromatic carbocycles. The van der Waals surface area contributed by atoms with Gasteiger partial charge in [-0.25, -0.2) is 4.39 Å². The molecule has 3 aromatic rings. The van der Waals surface area contributed by atoms with Crippen LogP contribution in [0.3, 0.4) is 0 Å². The molecule has 0 saturated carbocycles. The molecule has 1 amide bonds. The Morgan fingerprint density at radius 2 is 1.93 bits per heavy atom. The zero-order valence-electron chi connectivity index (χ0n) is 16.2. The normalized spacial score (nSPS) is 17.1. The number of aromatic nitrogens is 1. The summed E-state index contributed by atoms with van der Waals surface area (Å²) in [5.74, 6) is -0.250. The summed E-state index contributed by atoms with van der Waals surface area (Å²) in [5.41, 5.74) is 3.66. The quantitative estimate of drug-likeness (QED) is 0.686. The highest BCUT2D eigenvalue weighted by Gasteiger charge is 2.26. The molecule has 1 N–H and O–H groups in total. The first-order valence-corrected chi connectivity index (χ1v) is 9.96. The molecule has 1 fully saturated rings. The van der Waals surface area contributed by atoms with Crippen LogP contribution in [0.4, 0.5) is 10.1 Å². The Morgan fingerprint density at radius 3 is 2.72 bits per heavy atom. The molecule has 2 heterocycles. The SMILES string of the molecule is O=C(Nc1cccc(-c2ccc(F)cc2)c1)C1CCCN(Cc2ccccn2)C1. The number of carbonyl (C=O) groups excluding carboxylic acids is 1. The third-order valence-electron chi connectivity index (χ3n) is 5.30. The van der Waals surface area contributed by atoms with Crippen molar-refractivity contribution in [1.82, 2.24) is 9.88 Å². The number of hydrogen-bond donors (Lipinski definition) is 1. The van der Waals surface area contributed by atoms with Crippen LogP contribution in [0.5, 0.6) is 0 Å². The molecule has 0 bridgehead atoms. The van der Waals surface area contributed by atoms with Crippen molar-refractivity contribution in [2.75, 3.05) is 18.4 Å². The van der Waals surface area contributed by atoms with Crippen molar-refractivity contribution in [2.45, 2.75) is 19.4 Å². The predicted molar refractivity (Wildman–Crippen MR) is 113 cm³/mol. The van der Waals surface area contributed by atoms with Crippen LogP contribution in [0.25, 0.3) is 11.1 Å². The van der Waals surface area contributed by atoms with Crippen molar-refractivity contribution in [1.29, 1.82) is 0 Å². The summed E-state index contributed by atoms with van der Waals surface area (Å²) in [6.45, 7) is 2.49. The number of piperidine rings is 1. The maximum absolute atomic E-state index is 13.2. The van der Waals surface area contributed by atoms with E-state index in [1.165, 1.54) is 12.1 Å². The van der Waals surface area contributed by atoms with E-state index in [-0.39, 0.29) is 17.6 Å². The lowest BCUT2D eigenvalue weighted by Gasteiger charge is -2.31. The fourth-order valence-electron chi connectivity index (χ4n) is 3.80. The predicted octanol–water partition coefficient (Wildman–Crippen LogP) is 4.74. The second-order valence-corrected chi connectivity index (χ2v) is 7.47. The lowest BCUT2D eigenvalue weighted by atomic mass is 9.96. The zero-order valence-corrected chi connectivity index (χ0v) is 16.2. The van der Waals surface area contributed by atoms with Gasteiger partial charge in [0, 0.05) is 25.0 Å². The van der Waals surface area contributed by atoms with Gasteiger partial charge in [0.25, 0.3) is 0 Å². The molecular formula is C24H24FN3O. The van der Waals surface area contributed by atoms with E-state index in [1.54, 1.807) is 18.3 Å². The standard InChI is InChI=1S/C24H24FN3O/c25-21-11-9-18(10-12-21)19-5-3-8-22(15-19)27-24(29)20-6-4-14-28(16-20)17-23-7-1-2-13-26-23/h1-3,5,7-13,15,20H,4,6,14,16-17H2,(H,27,29). The minimum Gasteiger partial charge on any atom is -0.326 e. The molecule has 4 nitrogen and oxygen atoms in total. The van der Waals surface area contributed by atoms with E-state index in [9.17, 15) is 9.18 Å². The van der Waals surface area contributed by atoms with Gasteiger partial charge in [-0.15, -0.1) is 0 Å². The van der Waals surface area contributed by atoms with E-state index >= 15 is 0 Å². The van der Waals surface area contributed by atoms with Gasteiger partial charge in [-0.2, -0.15) is 0 Å². The van der Waals surface area contributed by atoms with Crippen molar-refractivity contribution >= 4 is 11.6 Å². The van der Waals surface area contributed by atoms with Crippen LogP contribution >= 0.6 is 0 Å². The van der Waals surface area contributed by atoms with Crippen LogP contribution in [-0.4, -0.2) is 28.9 Å². The average molecular weight is 389 g/mol. The van der Waals surface area contributed by atoms with Gasteiger partial charge in [-0.3, -0.25) is 14.7 Å².